The van der Waals surface area contributed by atoms with Gasteiger partial charge in [0.2, 0.25) is 0 Å². The SMILES string of the molecule is CN=C(NCCC1CC2CCC1C2)NCC1CCOC1.I. The molecule has 1 aliphatic heterocycles. The molecule has 2 bridgehead atoms. The molecule has 4 atom stereocenters. The lowest BCUT2D eigenvalue weighted by atomic mass is 9.86. The Hall–Kier alpha value is -0.0400. The standard InChI is InChI=1S/C16H29N3O.HI/c1-17-16(19-10-13-5-7-20-11-13)18-6-4-15-9-12-2-3-14(15)8-12;/h12-15H,2-11H2,1H3,(H2,17,18,19);1H. The third kappa shape index (κ3) is 4.71. The summed E-state index contributed by atoms with van der Waals surface area (Å²) in [6, 6.07) is 0. The van der Waals surface area contributed by atoms with E-state index in [4.69, 9.17) is 4.74 Å². The predicted octanol–water partition coefficient (Wildman–Crippen LogP) is 2.63. The summed E-state index contributed by atoms with van der Waals surface area (Å²) in [5.41, 5.74) is 0. The van der Waals surface area contributed by atoms with E-state index < -0.39 is 0 Å². The van der Waals surface area contributed by atoms with Crippen LogP contribution in [-0.4, -0.2) is 39.3 Å². The van der Waals surface area contributed by atoms with Gasteiger partial charge in [-0.05, 0) is 49.9 Å². The normalized spacial score (nSPS) is 34.8. The molecule has 0 aromatic carbocycles. The molecule has 21 heavy (non-hydrogen) atoms. The lowest BCUT2D eigenvalue weighted by Crippen LogP contribution is -2.40. The van der Waals surface area contributed by atoms with E-state index in [1.54, 1.807) is 0 Å². The van der Waals surface area contributed by atoms with Crippen LogP contribution in [0.15, 0.2) is 4.99 Å². The average Bonchev–Trinajstić information content (AvgIpc) is 3.19. The van der Waals surface area contributed by atoms with Gasteiger partial charge in [-0.15, -0.1) is 24.0 Å². The zero-order valence-corrected chi connectivity index (χ0v) is 15.5. The second-order valence-corrected chi connectivity index (χ2v) is 6.83. The van der Waals surface area contributed by atoms with E-state index in [1.807, 2.05) is 7.05 Å². The first-order valence-corrected chi connectivity index (χ1v) is 8.37. The number of nitrogens with one attached hydrogen (secondary N) is 2. The molecule has 5 heteroatoms. The summed E-state index contributed by atoms with van der Waals surface area (Å²) in [6.45, 7) is 3.86. The van der Waals surface area contributed by atoms with Gasteiger partial charge in [-0.3, -0.25) is 4.99 Å². The minimum Gasteiger partial charge on any atom is -0.381 e. The van der Waals surface area contributed by atoms with Crippen LogP contribution >= 0.6 is 24.0 Å². The number of ether oxygens (including phenoxy) is 1. The Bertz CT molecular complexity index is 344. The van der Waals surface area contributed by atoms with E-state index in [2.05, 4.69) is 15.6 Å². The fourth-order valence-corrected chi connectivity index (χ4v) is 4.31. The molecule has 4 unspecified atom stereocenters. The lowest BCUT2D eigenvalue weighted by molar-refractivity contribution is 0.186. The molecule has 0 aromatic rings. The highest BCUT2D eigenvalue weighted by Crippen LogP contribution is 2.49. The molecule has 1 saturated heterocycles. The second-order valence-electron chi connectivity index (χ2n) is 6.83. The van der Waals surface area contributed by atoms with E-state index in [0.29, 0.717) is 5.92 Å². The maximum Gasteiger partial charge on any atom is 0.190 e. The van der Waals surface area contributed by atoms with Crippen LogP contribution in [0.3, 0.4) is 0 Å². The van der Waals surface area contributed by atoms with E-state index in [9.17, 15) is 0 Å². The van der Waals surface area contributed by atoms with E-state index in [-0.39, 0.29) is 24.0 Å². The van der Waals surface area contributed by atoms with Crippen molar-refractivity contribution in [3.05, 3.63) is 0 Å². The van der Waals surface area contributed by atoms with Crippen molar-refractivity contribution < 1.29 is 4.74 Å². The Balaban J connectivity index is 0.00000161. The molecule has 3 aliphatic rings. The first-order chi connectivity index (χ1) is 9.85. The molecule has 2 aliphatic carbocycles. The van der Waals surface area contributed by atoms with Crippen LogP contribution in [0.1, 0.15) is 38.5 Å². The molecule has 4 nitrogen and oxygen atoms in total. The molecule has 122 valence electrons. The number of aliphatic imine (C=N–C) groups is 1. The van der Waals surface area contributed by atoms with Gasteiger partial charge in [0.25, 0.3) is 0 Å². The van der Waals surface area contributed by atoms with Crippen LogP contribution in [-0.2, 0) is 4.74 Å². The fourth-order valence-electron chi connectivity index (χ4n) is 4.31. The molecule has 3 rings (SSSR count). The molecule has 2 N–H and O–H groups in total. The Labute approximate surface area is 145 Å². The molecule has 0 radical (unpaired) electrons. The first kappa shape index (κ1) is 17.3. The number of guanidine groups is 1. The van der Waals surface area contributed by atoms with Crippen LogP contribution in [0, 0.1) is 23.7 Å². The number of halogens is 1. The third-order valence-corrected chi connectivity index (χ3v) is 5.50. The Morgan fingerprint density at radius 2 is 2.10 bits per heavy atom. The number of hydrogen-bond acceptors (Lipinski definition) is 2. The van der Waals surface area contributed by atoms with Crippen LogP contribution in [0.4, 0.5) is 0 Å². The topological polar surface area (TPSA) is 45.7 Å². The van der Waals surface area contributed by atoms with Gasteiger partial charge in [-0.25, -0.2) is 0 Å². The summed E-state index contributed by atoms with van der Waals surface area (Å²) in [7, 11) is 1.86. The van der Waals surface area contributed by atoms with Gasteiger partial charge in [-0.2, -0.15) is 0 Å². The van der Waals surface area contributed by atoms with Crippen molar-refractivity contribution in [2.45, 2.75) is 38.5 Å². The fraction of sp³-hybridized carbons (Fsp3) is 0.938. The van der Waals surface area contributed by atoms with Gasteiger partial charge < -0.3 is 15.4 Å². The predicted molar refractivity (Wildman–Crippen MR) is 97.3 cm³/mol. The summed E-state index contributed by atoms with van der Waals surface area (Å²) in [6.07, 6.45) is 8.48. The van der Waals surface area contributed by atoms with Crippen LogP contribution in [0.2, 0.25) is 0 Å². The number of nitrogens with zero attached hydrogens (tertiary/aromatic N) is 1. The van der Waals surface area contributed by atoms with Crippen molar-refractivity contribution in [1.29, 1.82) is 0 Å². The number of rotatable bonds is 5. The second kappa shape index (κ2) is 8.56. The lowest BCUT2D eigenvalue weighted by Gasteiger charge is -2.22. The molecule has 0 amide bonds. The summed E-state index contributed by atoms with van der Waals surface area (Å²) in [5.74, 6) is 4.68. The van der Waals surface area contributed by atoms with Crippen molar-refractivity contribution in [3.8, 4) is 0 Å². The van der Waals surface area contributed by atoms with Crippen molar-refractivity contribution in [2.75, 3.05) is 33.4 Å². The highest BCUT2D eigenvalue weighted by Gasteiger charge is 2.38. The van der Waals surface area contributed by atoms with Crippen LogP contribution in [0.5, 0.6) is 0 Å². The van der Waals surface area contributed by atoms with Crippen LogP contribution in [0.25, 0.3) is 0 Å². The van der Waals surface area contributed by atoms with Crippen molar-refractivity contribution in [1.82, 2.24) is 10.6 Å². The number of hydrogen-bond donors (Lipinski definition) is 2. The van der Waals surface area contributed by atoms with E-state index in [0.717, 1.165) is 50.0 Å². The van der Waals surface area contributed by atoms with Crippen molar-refractivity contribution >= 4 is 29.9 Å². The Morgan fingerprint density at radius 3 is 2.71 bits per heavy atom. The van der Waals surface area contributed by atoms with Gasteiger partial charge >= 0.3 is 0 Å². The smallest absolute Gasteiger partial charge is 0.190 e. The quantitative estimate of drug-likeness (QED) is 0.419. The van der Waals surface area contributed by atoms with Gasteiger partial charge in [0.1, 0.15) is 0 Å². The maximum atomic E-state index is 5.40. The van der Waals surface area contributed by atoms with Crippen molar-refractivity contribution in [3.63, 3.8) is 0 Å². The summed E-state index contributed by atoms with van der Waals surface area (Å²) in [5, 5.41) is 6.91. The molecule has 2 saturated carbocycles. The summed E-state index contributed by atoms with van der Waals surface area (Å²) in [4.78, 5) is 4.31. The zero-order chi connectivity index (χ0) is 13.8. The highest BCUT2D eigenvalue weighted by atomic mass is 127. The monoisotopic (exact) mass is 407 g/mol. The summed E-state index contributed by atoms with van der Waals surface area (Å²) >= 11 is 0. The van der Waals surface area contributed by atoms with Crippen LogP contribution < -0.4 is 10.6 Å². The molecule has 0 aromatic heterocycles. The highest BCUT2D eigenvalue weighted by molar-refractivity contribution is 14.0. The Kier molecular flexibility index (Phi) is 7.05. The van der Waals surface area contributed by atoms with E-state index >= 15 is 0 Å². The first-order valence-electron chi connectivity index (χ1n) is 8.37. The molecular formula is C16H30IN3O. The minimum atomic E-state index is 0. The van der Waals surface area contributed by atoms with Gasteiger partial charge in [0.15, 0.2) is 5.96 Å². The zero-order valence-electron chi connectivity index (χ0n) is 13.1. The molecule has 3 fully saturated rings. The van der Waals surface area contributed by atoms with Gasteiger partial charge in [0.05, 0.1) is 6.61 Å². The minimum absolute atomic E-state index is 0. The van der Waals surface area contributed by atoms with Crippen molar-refractivity contribution in [2.24, 2.45) is 28.7 Å². The molecular weight excluding hydrogens is 377 g/mol. The largest absolute Gasteiger partial charge is 0.381 e. The third-order valence-electron chi connectivity index (χ3n) is 5.50. The van der Waals surface area contributed by atoms with Gasteiger partial charge in [0, 0.05) is 32.7 Å². The average molecular weight is 407 g/mol. The summed E-state index contributed by atoms with van der Waals surface area (Å²) < 4.78 is 5.40. The molecule has 1 heterocycles. The van der Waals surface area contributed by atoms with Gasteiger partial charge in [-0.1, -0.05) is 6.42 Å². The number of fused-ring (bicyclic) bond motifs is 2. The van der Waals surface area contributed by atoms with E-state index in [1.165, 1.54) is 38.5 Å². The molecule has 0 spiro atoms. The Morgan fingerprint density at radius 1 is 1.19 bits per heavy atom. The maximum absolute atomic E-state index is 5.40.